The number of hydroxylamine groups is 2. The Morgan fingerprint density at radius 3 is 3.13 bits per heavy atom. The molecule has 0 radical (unpaired) electrons. The normalized spacial score (nSPS) is 24.4. The lowest BCUT2D eigenvalue weighted by Crippen LogP contribution is -3.03. The second kappa shape index (κ2) is 5.30. The predicted molar refractivity (Wildman–Crippen MR) is 67.0 cm³/mol. The molecule has 0 aromatic carbocycles. The standard InChI is InChI=1S/C10H16N2OS2/c1-2-3-4-6-11-10-9-8(14-15-10)5-7-12(9)13/h5,11-12H,2-4,6-7H2,1H3. The molecule has 1 unspecified atom stereocenters. The SMILES string of the molecule is CCCCCNC1=C2C(=CC[NH+]2[O-])SS1. The van der Waals surface area contributed by atoms with E-state index in [1.54, 1.807) is 21.6 Å². The molecule has 0 spiro atoms. The van der Waals surface area contributed by atoms with Crippen molar-refractivity contribution >= 4 is 21.6 Å². The van der Waals surface area contributed by atoms with Crippen LogP contribution < -0.4 is 10.4 Å². The summed E-state index contributed by atoms with van der Waals surface area (Å²) < 4.78 is 0. The van der Waals surface area contributed by atoms with E-state index < -0.39 is 0 Å². The molecular weight excluding hydrogens is 228 g/mol. The van der Waals surface area contributed by atoms with E-state index in [9.17, 15) is 5.21 Å². The molecule has 3 nitrogen and oxygen atoms in total. The molecule has 0 fully saturated rings. The maximum atomic E-state index is 11.6. The van der Waals surface area contributed by atoms with E-state index in [0.29, 0.717) is 6.54 Å². The van der Waals surface area contributed by atoms with Crippen molar-refractivity contribution in [3.8, 4) is 0 Å². The Labute approximate surface area is 98.3 Å². The quantitative estimate of drug-likeness (QED) is 0.438. The van der Waals surface area contributed by atoms with Crippen LogP contribution in [-0.2, 0) is 0 Å². The molecule has 0 aromatic rings. The molecule has 1 atom stereocenters. The average molecular weight is 244 g/mol. The summed E-state index contributed by atoms with van der Waals surface area (Å²) in [5.41, 5.74) is 0.946. The molecule has 2 N–H and O–H groups in total. The Morgan fingerprint density at radius 2 is 2.33 bits per heavy atom. The molecule has 0 aromatic heterocycles. The zero-order valence-corrected chi connectivity index (χ0v) is 10.5. The molecular formula is C10H16N2OS2. The van der Waals surface area contributed by atoms with Gasteiger partial charge >= 0.3 is 0 Å². The molecule has 84 valence electrons. The van der Waals surface area contributed by atoms with Crippen LogP contribution in [0.4, 0.5) is 0 Å². The zero-order valence-electron chi connectivity index (χ0n) is 8.84. The number of fused-ring (bicyclic) bond motifs is 1. The molecule has 0 amide bonds. The van der Waals surface area contributed by atoms with Gasteiger partial charge in [-0.05, 0) is 34.1 Å². The highest BCUT2D eigenvalue weighted by Gasteiger charge is 2.31. The topological polar surface area (TPSA) is 39.5 Å². The third-order valence-corrected chi connectivity index (χ3v) is 4.94. The highest BCUT2D eigenvalue weighted by atomic mass is 33.1. The van der Waals surface area contributed by atoms with Gasteiger partial charge in [0.15, 0.2) is 5.70 Å². The molecule has 2 heterocycles. The van der Waals surface area contributed by atoms with E-state index in [-0.39, 0.29) is 5.06 Å². The van der Waals surface area contributed by atoms with Gasteiger partial charge in [0.1, 0.15) is 11.6 Å². The minimum absolute atomic E-state index is 0.278. The van der Waals surface area contributed by atoms with Gasteiger partial charge in [-0.25, -0.2) is 0 Å². The second-order valence-corrected chi connectivity index (χ2v) is 5.88. The summed E-state index contributed by atoms with van der Waals surface area (Å²) in [6.07, 6.45) is 5.71. The summed E-state index contributed by atoms with van der Waals surface area (Å²) >= 11 is 0. The molecule has 5 heteroatoms. The van der Waals surface area contributed by atoms with Crippen molar-refractivity contribution in [3.63, 3.8) is 0 Å². The van der Waals surface area contributed by atoms with Crippen molar-refractivity contribution in [1.82, 2.24) is 5.32 Å². The summed E-state index contributed by atoms with van der Waals surface area (Å²) in [7, 11) is 3.40. The monoisotopic (exact) mass is 244 g/mol. The Hall–Kier alpha value is -0.100. The van der Waals surface area contributed by atoms with Crippen LogP contribution in [0.15, 0.2) is 21.7 Å². The maximum Gasteiger partial charge on any atom is 0.176 e. The van der Waals surface area contributed by atoms with E-state index in [1.807, 2.05) is 6.08 Å². The number of unbranched alkanes of at least 4 members (excludes halogenated alkanes) is 2. The lowest BCUT2D eigenvalue weighted by Gasteiger charge is -2.17. The van der Waals surface area contributed by atoms with Gasteiger partial charge in [-0.2, -0.15) is 0 Å². The minimum atomic E-state index is 0.278. The van der Waals surface area contributed by atoms with Crippen molar-refractivity contribution in [2.45, 2.75) is 26.2 Å². The Kier molecular flexibility index (Phi) is 4.02. The van der Waals surface area contributed by atoms with Crippen molar-refractivity contribution in [3.05, 3.63) is 26.9 Å². The van der Waals surface area contributed by atoms with Gasteiger partial charge in [0.05, 0.1) is 4.91 Å². The van der Waals surface area contributed by atoms with Crippen LogP contribution in [0, 0.1) is 5.21 Å². The number of nitrogens with one attached hydrogen (secondary N) is 2. The number of hydrogen-bond acceptors (Lipinski definition) is 4. The smallest absolute Gasteiger partial charge is 0.176 e. The van der Waals surface area contributed by atoms with Crippen LogP contribution in [0.2, 0.25) is 0 Å². The summed E-state index contributed by atoms with van der Waals surface area (Å²) in [6, 6.07) is 0. The Balaban J connectivity index is 1.89. The third kappa shape index (κ3) is 2.53. The largest absolute Gasteiger partial charge is 0.629 e. The molecule has 0 saturated carbocycles. The van der Waals surface area contributed by atoms with Gasteiger partial charge < -0.3 is 15.6 Å². The maximum absolute atomic E-state index is 11.6. The average Bonchev–Trinajstić information content (AvgIpc) is 2.78. The number of rotatable bonds is 5. The van der Waals surface area contributed by atoms with Crippen molar-refractivity contribution < 1.29 is 5.06 Å². The van der Waals surface area contributed by atoms with E-state index in [4.69, 9.17) is 0 Å². The first-order valence-electron chi connectivity index (χ1n) is 5.39. The minimum Gasteiger partial charge on any atom is -0.629 e. The van der Waals surface area contributed by atoms with E-state index in [1.165, 1.54) is 24.2 Å². The predicted octanol–water partition coefficient (Wildman–Crippen LogP) is 1.61. The molecule has 0 aliphatic carbocycles. The van der Waals surface area contributed by atoms with Gasteiger partial charge in [0, 0.05) is 6.54 Å². The van der Waals surface area contributed by atoms with E-state index in [2.05, 4.69) is 12.2 Å². The van der Waals surface area contributed by atoms with Crippen LogP contribution in [0.3, 0.4) is 0 Å². The van der Waals surface area contributed by atoms with Gasteiger partial charge in [-0.3, -0.25) is 0 Å². The molecule has 2 rings (SSSR count). The van der Waals surface area contributed by atoms with Crippen LogP contribution in [0.25, 0.3) is 0 Å². The highest BCUT2D eigenvalue weighted by Crippen LogP contribution is 2.47. The van der Waals surface area contributed by atoms with Crippen LogP contribution in [0.5, 0.6) is 0 Å². The first-order chi connectivity index (χ1) is 7.33. The molecule has 15 heavy (non-hydrogen) atoms. The number of hydrogen-bond donors (Lipinski definition) is 2. The fraction of sp³-hybridized carbons (Fsp3) is 0.600. The van der Waals surface area contributed by atoms with Crippen LogP contribution in [0.1, 0.15) is 26.2 Å². The molecule has 0 bridgehead atoms. The number of quaternary nitrogens is 1. The Bertz CT molecular complexity index is 302. The van der Waals surface area contributed by atoms with Crippen molar-refractivity contribution in [1.29, 1.82) is 0 Å². The Morgan fingerprint density at radius 1 is 1.47 bits per heavy atom. The van der Waals surface area contributed by atoms with Gasteiger partial charge in [-0.1, -0.05) is 19.8 Å². The first kappa shape index (κ1) is 11.4. The first-order valence-corrected chi connectivity index (χ1v) is 7.54. The van der Waals surface area contributed by atoms with Gasteiger partial charge in [0.2, 0.25) is 0 Å². The fourth-order valence-corrected chi connectivity index (χ4v) is 4.22. The van der Waals surface area contributed by atoms with E-state index >= 15 is 0 Å². The van der Waals surface area contributed by atoms with Crippen molar-refractivity contribution in [2.75, 3.05) is 13.1 Å². The van der Waals surface area contributed by atoms with Crippen LogP contribution >= 0.6 is 21.6 Å². The summed E-state index contributed by atoms with van der Waals surface area (Å²) in [6.45, 7) is 3.78. The lowest BCUT2D eigenvalue weighted by molar-refractivity contribution is -0.791. The zero-order chi connectivity index (χ0) is 10.7. The molecule has 0 saturated heterocycles. The summed E-state index contributed by atoms with van der Waals surface area (Å²) in [5.74, 6) is 0. The second-order valence-electron chi connectivity index (χ2n) is 3.70. The lowest BCUT2D eigenvalue weighted by atomic mass is 10.2. The van der Waals surface area contributed by atoms with E-state index in [0.717, 1.165) is 17.3 Å². The van der Waals surface area contributed by atoms with Gasteiger partial charge in [0.25, 0.3) is 0 Å². The third-order valence-electron chi connectivity index (χ3n) is 2.51. The highest BCUT2D eigenvalue weighted by molar-refractivity contribution is 8.80. The fourth-order valence-electron chi connectivity index (χ4n) is 1.66. The summed E-state index contributed by atoms with van der Waals surface area (Å²) in [4.78, 5) is 1.17. The van der Waals surface area contributed by atoms with Gasteiger partial charge in [-0.15, -0.1) is 0 Å². The van der Waals surface area contributed by atoms with Crippen LogP contribution in [-0.4, -0.2) is 13.1 Å². The summed E-state index contributed by atoms with van der Waals surface area (Å²) in [5, 5.41) is 16.3. The molecule has 2 aliphatic rings. The van der Waals surface area contributed by atoms with Crippen molar-refractivity contribution in [2.24, 2.45) is 0 Å². The molecule has 2 aliphatic heterocycles.